The molecule has 140 valence electrons. The first-order valence-corrected chi connectivity index (χ1v) is 10.4. The molecule has 1 aromatic carbocycles. The molecule has 1 aromatic rings. The highest BCUT2D eigenvalue weighted by Crippen LogP contribution is 2.25. The molecule has 1 aliphatic heterocycles. The molecule has 1 aliphatic rings. The van der Waals surface area contributed by atoms with Crippen LogP contribution in [0.25, 0.3) is 0 Å². The van der Waals surface area contributed by atoms with Gasteiger partial charge in [0, 0.05) is 31.2 Å². The van der Waals surface area contributed by atoms with Gasteiger partial charge in [0.25, 0.3) is 0 Å². The summed E-state index contributed by atoms with van der Waals surface area (Å²) in [5, 5.41) is 0. The molecule has 0 aliphatic carbocycles. The van der Waals surface area contributed by atoms with E-state index in [-0.39, 0.29) is 16.8 Å². The van der Waals surface area contributed by atoms with Crippen LogP contribution in [0.15, 0.2) is 23.1 Å². The number of nitrogens with one attached hydrogen (secondary N) is 1. The van der Waals surface area contributed by atoms with E-state index < -0.39 is 10.0 Å². The van der Waals surface area contributed by atoms with Gasteiger partial charge in [-0.15, -0.1) is 0 Å². The van der Waals surface area contributed by atoms with Crippen LogP contribution in [-0.4, -0.2) is 51.4 Å². The molecule has 2 rings (SSSR count). The summed E-state index contributed by atoms with van der Waals surface area (Å²) in [5.41, 5.74) is 1.43. The minimum atomic E-state index is -3.57. The molecule has 1 N–H and O–H groups in total. The fraction of sp³-hybridized carbons (Fsp3) is 0.611. The molecule has 0 radical (unpaired) electrons. The van der Waals surface area contributed by atoms with E-state index in [9.17, 15) is 13.2 Å². The van der Waals surface area contributed by atoms with E-state index in [2.05, 4.69) is 23.5 Å². The fourth-order valence-corrected chi connectivity index (χ4v) is 4.65. The highest BCUT2D eigenvalue weighted by atomic mass is 32.2. The lowest BCUT2D eigenvalue weighted by atomic mass is 10.2. The van der Waals surface area contributed by atoms with Crippen molar-refractivity contribution >= 4 is 21.6 Å². The first kappa shape index (κ1) is 19.9. The Balaban J connectivity index is 2.12. The molecule has 1 unspecified atom stereocenters. The number of amides is 1. The lowest BCUT2D eigenvalue weighted by Gasteiger charge is -2.26. The molecule has 0 saturated carbocycles. The Labute approximate surface area is 151 Å². The van der Waals surface area contributed by atoms with Gasteiger partial charge in [0.15, 0.2) is 0 Å². The second kappa shape index (κ2) is 8.29. The van der Waals surface area contributed by atoms with Gasteiger partial charge in [0.05, 0.1) is 4.90 Å². The first-order valence-electron chi connectivity index (χ1n) is 8.94. The van der Waals surface area contributed by atoms with Gasteiger partial charge in [-0.25, -0.2) is 13.1 Å². The molecule has 0 bridgehead atoms. The van der Waals surface area contributed by atoms with Gasteiger partial charge < -0.3 is 4.90 Å². The Morgan fingerprint density at radius 1 is 1.28 bits per heavy atom. The van der Waals surface area contributed by atoms with Gasteiger partial charge in [0.2, 0.25) is 15.9 Å². The monoisotopic (exact) mass is 367 g/mol. The van der Waals surface area contributed by atoms with E-state index in [0.717, 1.165) is 25.2 Å². The fourth-order valence-electron chi connectivity index (χ4n) is 3.31. The molecule has 1 saturated heterocycles. The van der Waals surface area contributed by atoms with E-state index in [4.69, 9.17) is 0 Å². The van der Waals surface area contributed by atoms with Gasteiger partial charge in [0.1, 0.15) is 0 Å². The molecule has 0 spiro atoms. The van der Waals surface area contributed by atoms with Crippen molar-refractivity contribution in [3.63, 3.8) is 0 Å². The summed E-state index contributed by atoms with van der Waals surface area (Å²) in [4.78, 5) is 16.1. The van der Waals surface area contributed by atoms with E-state index >= 15 is 0 Å². The first-order chi connectivity index (χ1) is 11.8. The SMILES string of the molecule is CCN(CC)C(C)CNS(=O)(=O)c1ccc(N2CCCC2=O)cc1C. The lowest BCUT2D eigenvalue weighted by Crippen LogP contribution is -2.42. The number of hydrogen-bond donors (Lipinski definition) is 1. The van der Waals surface area contributed by atoms with Crippen LogP contribution in [0.1, 0.15) is 39.2 Å². The van der Waals surface area contributed by atoms with Crippen molar-refractivity contribution in [3.05, 3.63) is 23.8 Å². The number of likely N-dealkylation sites (N-methyl/N-ethyl adjacent to an activating group) is 1. The number of carbonyl (C=O) groups is 1. The Hall–Kier alpha value is -1.44. The Kier molecular flexibility index (Phi) is 6.59. The molecular weight excluding hydrogens is 338 g/mol. The van der Waals surface area contributed by atoms with Gasteiger partial charge in [-0.2, -0.15) is 0 Å². The highest BCUT2D eigenvalue weighted by Gasteiger charge is 2.24. The van der Waals surface area contributed by atoms with Crippen LogP contribution in [0.4, 0.5) is 5.69 Å². The van der Waals surface area contributed by atoms with Crippen LogP contribution in [0.3, 0.4) is 0 Å². The van der Waals surface area contributed by atoms with Crippen LogP contribution in [0.2, 0.25) is 0 Å². The molecule has 6 nitrogen and oxygen atoms in total. The van der Waals surface area contributed by atoms with Crippen molar-refractivity contribution in [2.24, 2.45) is 0 Å². The topological polar surface area (TPSA) is 69.7 Å². The highest BCUT2D eigenvalue weighted by molar-refractivity contribution is 7.89. The number of sulfonamides is 1. The minimum absolute atomic E-state index is 0.0983. The summed E-state index contributed by atoms with van der Waals surface area (Å²) in [6, 6.07) is 5.23. The number of rotatable bonds is 8. The predicted octanol–water partition coefficient (Wildman–Crippen LogP) is 2.13. The number of carbonyl (C=O) groups excluding carboxylic acids is 1. The molecule has 1 atom stereocenters. The second-order valence-electron chi connectivity index (χ2n) is 6.52. The summed E-state index contributed by atoms with van der Waals surface area (Å²) in [7, 11) is -3.57. The van der Waals surface area contributed by atoms with Crippen LogP contribution >= 0.6 is 0 Å². The van der Waals surface area contributed by atoms with Crippen molar-refractivity contribution in [2.75, 3.05) is 31.1 Å². The maximum absolute atomic E-state index is 12.6. The van der Waals surface area contributed by atoms with E-state index in [1.54, 1.807) is 30.0 Å². The molecule has 1 amide bonds. The van der Waals surface area contributed by atoms with E-state index in [0.29, 0.717) is 25.1 Å². The maximum atomic E-state index is 12.6. The number of nitrogens with zero attached hydrogens (tertiary/aromatic N) is 2. The number of aryl methyl sites for hydroxylation is 1. The Morgan fingerprint density at radius 2 is 1.96 bits per heavy atom. The normalized spacial score (nSPS) is 16.7. The van der Waals surface area contributed by atoms with Gasteiger partial charge in [-0.1, -0.05) is 13.8 Å². The number of anilines is 1. The lowest BCUT2D eigenvalue weighted by molar-refractivity contribution is -0.117. The van der Waals surface area contributed by atoms with Gasteiger partial charge in [-0.3, -0.25) is 9.69 Å². The summed E-state index contributed by atoms with van der Waals surface area (Å²) in [6.07, 6.45) is 1.41. The van der Waals surface area contributed by atoms with Crippen LogP contribution in [-0.2, 0) is 14.8 Å². The maximum Gasteiger partial charge on any atom is 0.240 e. The molecule has 1 fully saturated rings. The van der Waals surface area contributed by atoms with E-state index in [1.165, 1.54) is 0 Å². The zero-order valence-corrected chi connectivity index (χ0v) is 16.4. The molecule has 1 heterocycles. The average Bonchev–Trinajstić information content (AvgIpc) is 3.00. The standard InChI is InChI=1S/C18H29N3O3S/c1-5-20(6-2)15(4)13-19-25(23,24)17-10-9-16(12-14(17)3)21-11-7-8-18(21)22/h9-10,12,15,19H,5-8,11,13H2,1-4H3. The van der Waals surface area contributed by atoms with Crippen LogP contribution < -0.4 is 9.62 Å². The smallest absolute Gasteiger partial charge is 0.240 e. The van der Waals surface area contributed by atoms with Crippen molar-refractivity contribution in [2.45, 2.75) is 51.5 Å². The molecule has 7 heteroatoms. The zero-order chi connectivity index (χ0) is 18.6. The third kappa shape index (κ3) is 4.59. The van der Waals surface area contributed by atoms with Crippen molar-refractivity contribution < 1.29 is 13.2 Å². The summed E-state index contributed by atoms with van der Waals surface area (Å²) < 4.78 is 28.0. The number of benzene rings is 1. The van der Waals surface area contributed by atoms with Crippen molar-refractivity contribution in [3.8, 4) is 0 Å². The Bertz CT molecular complexity index is 714. The molecule has 0 aromatic heterocycles. The average molecular weight is 368 g/mol. The molecular formula is C18H29N3O3S. The summed E-state index contributed by atoms with van der Waals surface area (Å²) in [5.74, 6) is 0.0983. The van der Waals surface area contributed by atoms with E-state index in [1.807, 2.05) is 6.92 Å². The van der Waals surface area contributed by atoms with Crippen LogP contribution in [0.5, 0.6) is 0 Å². The quantitative estimate of drug-likeness (QED) is 0.764. The van der Waals surface area contributed by atoms with Crippen LogP contribution in [0, 0.1) is 6.92 Å². The number of hydrogen-bond acceptors (Lipinski definition) is 4. The van der Waals surface area contributed by atoms with Gasteiger partial charge in [-0.05, 0) is 57.1 Å². The predicted molar refractivity (Wildman–Crippen MR) is 100 cm³/mol. The van der Waals surface area contributed by atoms with Crippen molar-refractivity contribution in [1.82, 2.24) is 9.62 Å². The Morgan fingerprint density at radius 3 is 2.48 bits per heavy atom. The third-order valence-corrected chi connectivity index (χ3v) is 6.42. The minimum Gasteiger partial charge on any atom is -0.312 e. The summed E-state index contributed by atoms with van der Waals surface area (Å²) >= 11 is 0. The van der Waals surface area contributed by atoms with Gasteiger partial charge >= 0.3 is 0 Å². The third-order valence-electron chi connectivity index (χ3n) is 4.84. The largest absolute Gasteiger partial charge is 0.312 e. The van der Waals surface area contributed by atoms with Crippen molar-refractivity contribution in [1.29, 1.82) is 0 Å². The molecule has 25 heavy (non-hydrogen) atoms. The zero-order valence-electron chi connectivity index (χ0n) is 15.6. The second-order valence-corrected chi connectivity index (χ2v) is 8.26. The summed E-state index contributed by atoms with van der Waals surface area (Å²) in [6.45, 7) is 10.8.